The predicted octanol–water partition coefficient (Wildman–Crippen LogP) is 2.88. The lowest BCUT2D eigenvalue weighted by Crippen LogP contribution is -2.25. The molecule has 1 aromatic rings. The monoisotopic (exact) mass is 226 g/mol. The lowest BCUT2D eigenvalue weighted by molar-refractivity contribution is 0.475. The summed E-state index contributed by atoms with van der Waals surface area (Å²) in [5, 5.41) is 4.67. The van der Waals surface area contributed by atoms with Gasteiger partial charge in [0, 0.05) is 11.1 Å². The van der Waals surface area contributed by atoms with Crippen molar-refractivity contribution in [1.29, 1.82) is 0 Å². The molecule has 1 aromatic heterocycles. The van der Waals surface area contributed by atoms with Gasteiger partial charge in [-0.25, -0.2) is 4.98 Å². The molecule has 0 radical (unpaired) electrons. The van der Waals surface area contributed by atoms with Gasteiger partial charge in [-0.1, -0.05) is 20.8 Å². The molecule has 1 rings (SSSR count). The third-order valence-corrected chi connectivity index (χ3v) is 3.20. The van der Waals surface area contributed by atoms with Crippen LogP contribution in [0.3, 0.4) is 0 Å². The Morgan fingerprint density at radius 2 is 2.07 bits per heavy atom. The molecule has 2 nitrogen and oxygen atoms in total. The van der Waals surface area contributed by atoms with Crippen LogP contribution in [-0.4, -0.2) is 18.1 Å². The summed E-state index contributed by atoms with van der Waals surface area (Å²) in [6.07, 6.45) is 3.16. The molecule has 1 N–H and O–H groups in total. The van der Waals surface area contributed by atoms with Gasteiger partial charge >= 0.3 is 0 Å². The van der Waals surface area contributed by atoms with Gasteiger partial charge in [-0.3, -0.25) is 0 Å². The smallest absolute Gasteiger partial charge is 0.0896 e. The first kappa shape index (κ1) is 12.7. The zero-order valence-corrected chi connectivity index (χ0v) is 11.0. The standard InChI is InChI=1S/C12H22N2S/c1-9(2)6-13-7-10(3)5-12-8-14-11(4)15-12/h8-10,13H,5-7H2,1-4H3. The van der Waals surface area contributed by atoms with Crippen molar-refractivity contribution in [3.63, 3.8) is 0 Å². The van der Waals surface area contributed by atoms with Crippen LogP contribution in [0.15, 0.2) is 6.20 Å². The summed E-state index contributed by atoms with van der Waals surface area (Å²) in [5.41, 5.74) is 0. The Balaban J connectivity index is 2.21. The van der Waals surface area contributed by atoms with Crippen LogP contribution in [0.1, 0.15) is 30.7 Å². The topological polar surface area (TPSA) is 24.9 Å². The molecular weight excluding hydrogens is 204 g/mol. The molecule has 0 amide bonds. The fourth-order valence-corrected chi connectivity index (χ4v) is 2.49. The van der Waals surface area contributed by atoms with Crippen LogP contribution in [0.4, 0.5) is 0 Å². The molecule has 0 saturated carbocycles. The minimum Gasteiger partial charge on any atom is -0.316 e. The van der Waals surface area contributed by atoms with Crippen molar-refractivity contribution in [2.75, 3.05) is 13.1 Å². The van der Waals surface area contributed by atoms with Gasteiger partial charge in [0.2, 0.25) is 0 Å². The lowest BCUT2D eigenvalue weighted by Gasteiger charge is -2.12. The zero-order valence-electron chi connectivity index (χ0n) is 10.2. The predicted molar refractivity (Wildman–Crippen MR) is 67.4 cm³/mol. The highest BCUT2D eigenvalue weighted by atomic mass is 32.1. The molecule has 1 unspecified atom stereocenters. The maximum Gasteiger partial charge on any atom is 0.0896 e. The number of rotatable bonds is 6. The molecular formula is C12H22N2S. The van der Waals surface area contributed by atoms with E-state index in [-0.39, 0.29) is 0 Å². The summed E-state index contributed by atoms with van der Waals surface area (Å²) in [4.78, 5) is 5.68. The van der Waals surface area contributed by atoms with Crippen LogP contribution in [0.2, 0.25) is 0 Å². The number of hydrogen-bond acceptors (Lipinski definition) is 3. The summed E-state index contributed by atoms with van der Waals surface area (Å²) < 4.78 is 0. The van der Waals surface area contributed by atoms with Crippen LogP contribution in [0.25, 0.3) is 0 Å². The van der Waals surface area contributed by atoms with E-state index in [0.29, 0.717) is 5.92 Å². The Kier molecular flexibility index (Phi) is 5.26. The normalized spacial score (nSPS) is 13.4. The number of nitrogens with one attached hydrogen (secondary N) is 1. The van der Waals surface area contributed by atoms with E-state index in [9.17, 15) is 0 Å². The Morgan fingerprint density at radius 3 is 2.60 bits per heavy atom. The van der Waals surface area contributed by atoms with Gasteiger partial charge in [0.05, 0.1) is 5.01 Å². The minimum absolute atomic E-state index is 0.698. The number of aromatic nitrogens is 1. The van der Waals surface area contributed by atoms with Crippen molar-refractivity contribution in [1.82, 2.24) is 10.3 Å². The highest BCUT2D eigenvalue weighted by Gasteiger charge is 2.06. The second-order valence-electron chi connectivity index (χ2n) is 4.71. The van der Waals surface area contributed by atoms with Gasteiger partial charge in [0.15, 0.2) is 0 Å². The summed E-state index contributed by atoms with van der Waals surface area (Å²) in [6.45, 7) is 11.1. The van der Waals surface area contributed by atoms with Gasteiger partial charge < -0.3 is 5.32 Å². The first-order chi connectivity index (χ1) is 7.08. The Hall–Kier alpha value is -0.410. The highest BCUT2D eigenvalue weighted by molar-refractivity contribution is 7.11. The van der Waals surface area contributed by atoms with E-state index in [2.05, 4.69) is 38.0 Å². The van der Waals surface area contributed by atoms with E-state index in [0.717, 1.165) is 25.4 Å². The van der Waals surface area contributed by atoms with E-state index in [1.807, 2.05) is 17.5 Å². The molecule has 1 heterocycles. The summed E-state index contributed by atoms with van der Waals surface area (Å²) in [7, 11) is 0. The Labute approximate surface area is 97.1 Å². The molecule has 15 heavy (non-hydrogen) atoms. The van der Waals surface area contributed by atoms with E-state index in [4.69, 9.17) is 0 Å². The van der Waals surface area contributed by atoms with Crippen LogP contribution < -0.4 is 5.32 Å². The van der Waals surface area contributed by atoms with Crippen molar-refractivity contribution in [3.05, 3.63) is 16.1 Å². The van der Waals surface area contributed by atoms with Gasteiger partial charge in [0.1, 0.15) is 0 Å². The Bertz CT molecular complexity index is 281. The second-order valence-corrected chi connectivity index (χ2v) is 6.03. The average Bonchev–Trinajstić information content (AvgIpc) is 2.50. The maximum atomic E-state index is 4.28. The first-order valence-electron chi connectivity index (χ1n) is 5.70. The summed E-state index contributed by atoms with van der Waals surface area (Å²) in [6, 6.07) is 0. The van der Waals surface area contributed by atoms with Crippen molar-refractivity contribution >= 4 is 11.3 Å². The SMILES string of the molecule is Cc1ncc(CC(C)CNCC(C)C)s1. The fourth-order valence-electron chi connectivity index (χ4n) is 1.53. The number of nitrogens with zero attached hydrogens (tertiary/aromatic N) is 1. The largest absolute Gasteiger partial charge is 0.316 e. The molecule has 0 aliphatic heterocycles. The van der Waals surface area contributed by atoms with Crippen molar-refractivity contribution < 1.29 is 0 Å². The van der Waals surface area contributed by atoms with Crippen LogP contribution in [0.5, 0.6) is 0 Å². The van der Waals surface area contributed by atoms with Gasteiger partial charge in [-0.15, -0.1) is 11.3 Å². The van der Waals surface area contributed by atoms with Crippen LogP contribution in [0, 0.1) is 18.8 Å². The highest BCUT2D eigenvalue weighted by Crippen LogP contribution is 2.15. The molecule has 0 fully saturated rings. The number of hydrogen-bond donors (Lipinski definition) is 1. The third kappa shape index (κ3) is 5.28. The second kappa shape index (κ2) is 6.23. The molecule has 0 aromatic carbocycles. The Morgan fingerprint density at radius 1 is 1.33 bits per heavy atom. The fraction of sp³-hybridized carbons (Fsp3) is 0.750. The van der Waals surface area contributed by atoms with Gasteiger partial charge in [0.25, 0.3) is 0 Å². The zero-order chi connectivity index (χ0) is 11.3. The lowest BCUT2D eigenvalue weighted by atomic mass is 10.1. The van der Waals surface area contributed by atoms with Crippen LogP contribution >= 0.6 is 11.3 Å². The summed E-state index contributed by atoms with van der Waals surface area (Å²) in [5.74, 6) is 1.44. The third-order valence-electron chi connectivity index (χ3n) is 2.26. The molecule has 1 atom stereocenters. The number of thiazole rings is 1. The van der Waals surface area contributed by atoms with E-state index >= 15 is 0 Å². The average molecular weight is 226 g/mol. The number of aryl methyl sites for hydroxylation is 1. The molecule has 0 saturated heterocycles. The van der Waals surface area contributed by atoms with Crippen molar-refractivity contribution in [3.8, 4) is 0 Å². The van der Waals surface area contributed by atoms with E-state index in [1.54, 1.807) is 0 Å². The molecule has 0 bridgehead atoms. The van der Waals surface area contributed by atoms with Crippen LogP contribution in [-0.2, 0) is 6.42 Å². The molecule has 0 aliphatic rings. The molecule has 0 spiro atoms. The maximum absolute atomic E-state index is 4.28. The molecule has 0 aliphatic carbocycles. The van der Waals surface area contributed by atoms with Crippen molar-refractivity contribution in [2.24, 2.45) is 11.8 Å². The van der Waals surface area contributed by atoms with Crippen molar-refractivity contribution in [2.45, 2.75) is 34.1 Å². The minimum atomic E-state index is 0.698. The first-order valence-corrected chi connectivity index (χ1v) is 6.51. The van der Waals surface area contributed by atoms with Gasteiger partial charge in [-0.05, 0) is 38.3 Å². The van der Waals surface area contributed by atoms with Gasteiger partial charge in [-0.2, -0.15) is 0 Å². The summed E-state index contributed by atoms with van der Waals surface area (Å²) >= 11 is 1.82. The molecule has 86 valence electrons. The van der Waals surface area contributed by atoms with E-state index in [1.165, 1.54) is 9.88 Å². The van der Waals surface area contributed by atoms with E-state index < -0.39 is 0 Å². The quantitative estimate of drug-likeness (QED) is 0.807. The molecule has 3 heteroatoms.